The lowest BCUT2D eigenvalue weighted by Gasteiger charge is -2.15. The highest BCUT2D eigenvalue weighted by molar-refractivity contribution is 6.30. The van der Waals surface area contributed by atoms with Crippen LogP contribution in [0.4, 0.5) is 18.9 Å². The number of anilines is 1. The van der Waals surface area contributed by atoms with E-state index in [2.05, 4.69) is 10.4 Å². The molecule has 0 bridgehead atoms. The topological polar surface area (TPSA) is 46.9 Å². The van der Waals surface area contributed by atoms with E-state index in [1.54, 1.807) is 30.3 Å². The fraction of sp³-hybridized carbons (Fsp3) is 0.111. The minimum absolute atomic E-state index is 0.0601. The monoisotopic (exact) mass is 379 g/mol. The van der Waals surface area contributed by atoms with Gasteiger partial charge in [-0.2, -0.15) is 18.3 Å². The smallest absolute Gasteiger partial charge is 0.325 e. The molecule has 0 saturated carbocycles. The van der Waals surface area contributed by atoms with Gasteiger partial charge in [-0.3, -0.25) is 4.79 Å². The molecule has 0 spiro atoms. The van der Waals surface area contributed by atoms with Crippen LogP contribution in [-0.4, -0.2) is 15.7 Å². The van der Waals surface area contributed by atoms with E-state index in [0.29, 0.717) is 10.6 Å². The number of amides is 1. The molecule has 3 aromatic rings. The average Bonchev–Trinajstić information content (AvgIpc) is 3.11. The van der Waals surface area contributed by atoms with E-state index in [1.807, 2.05) is 0 Å². The van der Waals surface area contributed by atoms with Gasteiger partial charge >= 0.3 is 6.18 Å². The molecule has 0 aliphatic carbocycles. The predicted octanol–water partition coefficient (Wildman–Crippen LogP) is 4.73. The van der Waals surface area contributed by atoms with Crippen molar-refractivity contribution in [2.45, 2.75) is 12.6 Å². The van der Waals surface area contributed by atoms with Gasteiger partial charge in [0.05, 0.1) is 23.4 Å². The molecular formula is C18H13ClF3N3O. The summed E-state index contributed by atoms with van der Waals surface area (Å²) in [5.41, 5.74) is -0.339. The van der Waals surface area contributed by atoms with Crippen LogP contribution in [0.1, 0.15) is 11.1 Å². The zero-order valence-electron chi connectivity index (χ0n) is 13.3. The Kier molecular flexibility index (Phi) is 4.99. The number of carbonyl (C=O) groups excluding carboxylic acids is 1. The van der Waals surface area contributed by atoms with Crippen LogP contribution in [0.25, 0.3) is 5.69 Å². The maximum Gasteiger partial charge on any atom is 0.418 e. The maximum absolute atomic E-state index is 13.4. The summed E-state index contributed by atoms with van der Waals surface area (Å²) in [7, 11) is 0. The number of nitrogens with zero attached hydrogens (tertiary/aromatic N) is 2. The van der Waals surface area contributed by atoms with Gasteiger partial charge in [-0.15, -0.1) is 0 Å². The van der Waals surface area contributed by atoms with Crippen LogP contribution in [0.15, 0.2) is 60.9 Å². The number of aromatic nitrogens is 2. The van der Waals surface area contributed by atoms with E-state index in [4.69, 9.17) is 11.6 Å². The van der Waals surface area contributed by atoms with E-state index in [1.165, 1.54) is 29.2 Å². The predicted molar refractivity (Wildman–Crippen MR) is 92.4 cm³/mol. The van der Waals surface area contributed by atoms with Gasteiger partial charge in [0, 0.05) is 17.4 Å². The zero-order valence-corrected chi connectivity index (χ0v) is 14.1. The van der Waals surface area contributed by atoms with E-state index in [9.17, 15) is 18.0 Å². The van der Waals surface area contributed by atoms with Crippen molar-refractivity contribution in [3.8, 4) is 5.69 Å². The van der Waals surface area contributed by atoms with Gasteiger partial charge in [-0.05, 0) is 42.0 Å². The van der Waals surface area contributed by atoms with Crippen LogP contribution >= 0.6 is 11.6 Å². The fourth-order valence-electron chi connectivity index (χ4n) is 2.42. The van der Waals surface area contributed by atoms with E-state index in [0.717, 1.165) is 6.07 Å². The molecule has 1 heterocycles. The Labute approximate surface area is 152 Å². The minimum Gasteiger partial charge on any atom is -0.325 e. The van der Waals surface area contributed by atoms with Gasteiger partial charge in [0.2, 0.25) is 5.91 Å². The SMILES string of the molecule is O=C(Cc1ccc(Cl)cc1)Nc1ccc(-n2cccn2)cc1C(F)(F)F. The van der Waals surface area contributed by atoms with Crippen molar-refractivity contribution in [1.82, 2.24) is 9.78 Å². The summed E-state index contributed by atoms with van der Waals surface area (Å²) in [6, 6.07) is 11.8. The van der Waals surface area contributed by atoms with Gasteiger partial charge in [0.25, 0.3) is 0 Å². The molecule has 1 amide bonds. The van der Waals surface area contributed by atoms with Crippen molar-refractivity contribution in [3.63, 3.8) is 0 Å². The first-order valence-corrected chi connectivity index (χ1v) is 7.96. The Morgan fingerprint density at radius 1 is 1.15 bits per heavy atom. The highest BCUT2D eigenvalue weighted by Crippen LogP contribution is 2.36. The van der Waals surface area contributed by atoms with Crippen LogP contribution in [0, 0.1) is 0 Å². The second-order valence-electron chi connectivity index (χ2n) is 5.53. The Bertz CT molecular complexity index is 906. The highest BCUT2D eigenvalue weighted by atomic mass is 35.5. The molecule has 1 aromatic heterocycles. The number of hydrogen-bond donors (Lipinski definition) is 1. The molecular weight excluding hydrogens is 367 g/mol. The standard InChI is InChI=1S/C18H13ClF3N3O/c19-13-4-2-12(3-5-13)10-17(26)24-16-7-6-14(25-9-1-8-23-25)11-15(16)18(20,21)22/h1-9,11H,10H2,(H,24,26). The van der Waals surface area contributed by atoms with Gasteiger partial charge in [-0.25, -0.2) is 4.68 Å². The van der Waals surface area contributed by atoms with Crippen LogP contribution < -0.4 is 5.32 Å². The van der Waals surface area contributed by atoms with Gasteiger partial charge in [0.15, 0.2) is 0 Å². The quantitative estimate of drug-likeness (QED) is 0.712. The largest absolute Gasteiger partial charge is 0.418 e. The van der Waals surface area contributed by atoms with Crippen LogP contribution in [0.2, 0.25) is 5.02 Å². The number of carbonyl (C=O) groups is 1. The average molecular weight is 380 g/mol. The van der Waals surface area contributed by atoms with Crippen molar-refractivity contribution < 1.29 is 18.0 Å². The minimum atomic E-state index is -4.62. The molecule has 1 N–H and O–H groups in total. The third-order valence-corrected chi connectivity index (χ3v) is 3.88. The first-order valence-electron chi connectivity index (χ1n) is 7.58. The number of halogens is 4. The maximum atomic E-state index is 13.4. The Morgan fingerprint density at radius 2 is 1.88 bits per heavy atom. The lowest BCUT2D eigenvalue weighted by molar-refractivity contribution is -0.137. The van der Waals surface area contributed by atoms with Crippen LogP contribution in [-0.2, 0) is 17.4 Å². The van der Waals surface area contributed by atoms with Crippen LogP contribution in [0.5, 0.6) is 0 Å². The lowest BCUT2D eigenvalue weighted by atomic mass is 10.1. The summed E-state index contributed by atoms with van der Waals surface area (Å²) >= 11 is 5.77. The van der Waals surface area contributed by atoms with Gasteiger partial charge < -0.3 is 5.32 Å². The second kappa shape index (κ2) is 7.21. The summed E-state index contributed by atoms with van der Waals surface area (Å²) in [5.74, 6) is -0.551. The summed E-state index contributed by atoms with van der Waals surface area (Å²) in [6.07, 6.45) is -1.68. The molecule has 0 radical (unpaired) electrons. The number of nitrogens with one attached hydrogen (secondary N) is 1. The van der Waals surface area contributed by atoms with E-state index in [-0.39, 0.29) is 17.8 Å². The van der Waals surface area contributed by atoms with Crippen molar-refractivity contribution >= 4 is 23.2 Å². The molecule has 0 aliphatic rings. The molecule has 8 heteroatoms. The highest BCUT2D eigenvalue weighted by Gasteiger charge is 2.34. The lowest BCUT2D eigenvalue weighted by Crippen LogP contribution is -2.18. The normalized spacial score (nSPS) is 11.4. The Balaban J connectivity index is 1.84. The van der Waals surface area contributed by atoms with Crippen LogP contribution in [0.3, 0.4) is 0 Å². The summed E-state index contributed by atoms with van der Waals surface area (Å²) in [5, 5.41) is 6.76. The van der Waals surface area contributed by atoms with Crippen molar-refractivity contribution in [3.05, 3.63) is 77.1 Å². The number of benzene rings is 2. The Morgan fingerprint density at radius 3 is 2.50 bits per heavy atom. The number of rotatable bonds is 4. The molecule has 0 atom stereocenters. The first kappa shape index (κ1) is 18.0. The molecule has 0 saturated heterocycles. The first-order chi connectivity index (χ1) is 12.3. The molecule has 0 aliphatic heterocycles. The summed E-state index contributed by atoms with van der Waals surface area (Å²) < 4.78 is 41.5. The third-order valence-electron chi connectivity index (χ3n) is 3.63. The number of hydrogen-bond acceptors (Lipinski definition) is 2. The molecule has 26 heavy (non-hydrogen) atoms. The summed E-state index contributed by atoms with van der Waals surface area (Å²) in [6.45, 7) is 0. The summed E-state index contributed by atoms with van der Waals surface area (Å²) in [4.78, 5) is 12.1. The third kappa shape index (κ3) is 4.23. The molecule has 3 rings (SSSR count). The molecule has 0 fully saturated rings. The van der Waals surface area contributed by atoms with E-state index >= 15 is 0 Å². The molecule has 2 aromatic carbocycles. The molecule has 0 unspecified atom stereocenters. The van der Waals surface area contributed by atoms with Gasteiger partial charge in [-0.1, -0.05) is 23.7 Å². The van der Waals surface area contributed by atoms with Gasteiger partial charge in [0.1, 0.15) is 0 Å². The second-order valence-corrected chi connectivity index (χ2v) is 5.97. The fourth-order valence-corrected chi connectivity index (χ4v) is 2.55. The number of alkyl halides is 3. The Hall–Kier alpha value is -2.80. The van der Waals surface area contributed by atoms with Crippen molar-refractivity contribution in [2.24, 2.45) is 0 Å². The van der Waals surface area contributed by atoms with Crippen molar-refractivity contribution in [1.29, 1.82) is 0 Å². The van der Waals surface area contributed by atoms with Crippen molar-refractivity contribution in [2.75, 3.05) is 5.32 Å². The van der Waals surface area contributed by atoms with E-state index < -0.39 is 17.6 Å². The molecule has 4 nitrogen and oxygen atoms in total. The molecule has 134 valence electrons. The zero-order chi connectivity index (χ0) is 18.7.